The van der Waals surface area contributed by atoms with Crippen LogP contribution in [0.4, 0.5) is 0 Å². The highest BCUT2D eigenvalue weighted by Crippen LogP contribution is 2.56. The second-order valence-electron chi connectivity index (χ2n) is 11.3. The van der Waals surface area contributed by atoms with Crippen LogP contribution >= 0.6 is 0 Å². The van der Waals surface area contributed by atoms with E-state index >= 15 is 0 Å². The maximum absolute atomic E-state index is 13.9. The van der Waals surface area contributed by atoms with Gasteiger partial charge in [0.25, 0.3) is 0 Å². The van der Waals surface area contributed by atoms with Crippen molar-refractivity contribution < 1.29 is 29.4 Å². The zero-order valence-electron chi connectivity index (χ0n) is 23.7. The van der Waals surface area contributed by atoms with Crippen molar-refractivity contribution in [3.63, 3.8) is 0 Å². The molecule has 0 spiro atoms. The molecule has 2 N–H and O–H groups in total. The molecule has 9 heteroatoms. The van der Waals surface area contributed by atoms with Crippen LogP contribution in [-0.2, 0) is 24.4 Å². The lowest BCUT2D eigenvalue weighted by Crippen LogP contribution is -2.50. The minimum Gasteiger partial charge on any atom is -0.507 e. The van der Waals surface area contributed by atoms with Gasteiger partial charge >= 0.3 is 0 Å². The SMILES string of the molecule is COc1cccc2c1C(=O)c1c(O)c3c(c(O)c1C2=O)CC1(C)C(=NOCc2ccccc2)CC3N1Cc1ccncc1. The number of pyridine rings is 1. The molecule has 1 saturated heterocycles. The van der Waals surface area contributed by atoms with Gasteiger partial charge < -0.3 is 19.8 Å². The van der Waals surface area contributed by atoms with Crippen molar-refractivity contribution in [3.05, 3.63) is 118 Å². The van der Waals surface area contributed by atoms with E-state index in [4.69, 9.17) is 9.57 Å². The maximum Gasteiger partial charge on any atom is 0.202 e. The Morgan fingerprint density at radius 2 is 1.67 bits per heavy atom. The number of phenolic OH excluding ortho intramolecular Hbond substituents is 2. The summed E-state index contributed by atoms with van der Waals surface area (Å²) in [5, 5.41) is 28.1. The van der Waals surface area contributed by atoms with Gasteiger partial charge in [-0.1, -0.05) is 47.6 Å². The molecule has 9 nitrogen and oxygen atoms in total. The van der Waals surface area contributed by atoms with Gasteiger partial charge in [0.2, 0.25) is 5.78 Å². The highest BCUT2D eigenvalue weighted by molar-refractivity contribution is 6.31. The summed E-state index contributed by atoms with van der Waals surface area (Å²) in [4.78, 5) is 39.8. The molecule has 4 aromatic rings. The lowest BCUT2D eigenvalue weighted by Gasteiger charge is -2.44. The van der Waals surface area contributed by atoms with Crippen LogP contribution in [-0.4, -0.2) is 50.0 Å². The summed E-state index contributed by atoms with van der Waals surface area (Å²) in [6.45, 7) is 2.82. The summed E-state index contributed by atoms with van der Waals surface area (Å²) in [5.74, 6) is -1.44. The first-order chi connectivity index (χ1) is 20.8. The van der Waals surface area contributed by atoms with Crippen molar-refractivity contribution >= 4 is 17.3 Å². The van der Waals surface area contributed by atoms with Crippen LogP contribution in [0.5, 0.6) is 17.2 Å². The number of ether oxygens (including phenoxy) is 1. The molecule has 2 aliphatic heterocycles. The standard InChI is InChI=1S/C34H29N3O6/c1-34-16-22-26(32(40)29-28(31(22)39)30(38)21-9-6-10-24(42-2)27(21)33(29)41)23(37(34)17-19-11-13-35-14-12-19)15-25(34)36-43-18-20-7-4-3-5-8-20/h3-14,23,39-40H,15-18H2,1-2H3. The van der Waals surface area contributed by atoms with Crippen molar-refractivity contribution in [2.75, 3.05) is 7.11 Å². The number of carbonyl (C=O) groups is 2. The number of methoxy groups -OCH3 is 1. The Bertz CT molecular complexity index is 1820. The molecule has 1 fully saturated rings. The van der Waals surface area contributed by atoms with Crippen molar-refractivity contribution in [2.24, 2.45) is 5.16 Å². The van der Waals surface area contributed by atoms with Crippen molar-refractivity contribution in [2.45, 2.75) is 44.5 Å². The number of fused-ring (bicyclic) bond motifs is 6. The number of benzene rings is 3. The number of ketones is 2. The summed E-state index contributed by atoms with van der Waals surface area (Å²) < 4.78 is 5.40. The van der Waals surface area contributed by atoms with Crippen LogP contribution in [0.1, 0.15) is 73.5 Å². The monoisotopic (exact) mass is 575 g/mol. The van der Waals surface area contributed by atoms with E-state index in [9.17, 15) is 19.8 Å². The fraction of sp³-hybridized carbons (Fsp3) is 0.235. The quantitative estimate of drug-likeness (QED) is 0.212. The highest BCUT2D eigenvalue weighted by Gasteiger charge is 2.56. The molecule has 1 aromatic heterocycles. The van der Waals surface area contributed by atoms with E-state index < -0.39 is 23.1 Å². The van der Waals surface area contributed by atoms with Gasteiger partial charge in [-0.2, -0.15) is 0 Å². The summed E-state index contributed by atoms with van der Waals surface area (Å²) in [5.41, 5.74) is 2.73. The van der Waals surface area contributed by atoms with Gasteiger partial charge in [0.05, 0.1) is 35.1 Å². The number of aromatic nitrogens is 1. The van der Waals surface area contributed by atoms with Crippen molar-refractivity contribution in [1.82, 2.24) is 9.88 Å². The summed E-state index contributed by atoms with van der Waals surface area (Å²) in [6, 6.07) is 17.9. The maximum atomic E-state index is 13.9. The Morgan fingerprint density at radius 1 is 0.930 bits per heavy atom. The van der Waals surface area contributed by atoms with Gasteiger partial charge in [0.15, 0.2) is 5.78 Å². The van der Waals surface area contributed by atoms with Gasteiger partial charge in [-0.3, -0.25) is 19.5 Å². The number of hydrogen-bond acceptors (Lipinski definition) is 9. The minimum absolute atomic E-state index is 0.0782. The number of hydrogen-bond donors (Lipinski definition) is 2. The Labute approximate surface area is 248 Å². The third-order valence-electron chi connectivity index (χ3n) is 8.99. The Morgan fingerprint density at radius 3 is 2.42 bits per heavy atom. The number of aromatic hydroxyl groups is 2. The molecule has 0 radical (unpaired) electrons. The lowest BCUT2D eigenvalue weighted by molar-refractivity contribution is 0.0955. The fourth-order valence-electron chi connectivity index (χ4n) is 6.85. The van der Waals surface area contributed by atoms with Gasteiger partial charge in [0, 0.05) is 54.5 Å². The van der Waals surface area contributed by atoms with Gasteiger partial charge in [0.1, 0.15) is 23.9 Å². The minimum atomic E-state index is -0.710. The largest absolute Gasteiger partial charge is 0.507 e. The Balaban J connectivity index is 1.36. The van der Waals surface area contributed by atoms with E-state index in [0.29, 0.717) is 24.1 Å². The Kier molecular flexibility index (Phi) is 6.28. The van der Waals surface area contributed by atoms with Crippen LogP contribution in [0.2, 0.25) is 0 Å². The number of phenols is 2. The first kappa shape index (κ1) is 26.9. The van der Waals surface area contributed by atoms with Crippen LogP contribution in [0.25, 0.3) is 0 Å². The van der Waals surface area contributed by atoms with E-state index in [2.05, 4.69) is 15.0 Å². The smallest absolute Gasteiger partial charge is 0.202 e. The first-order valence-electron chi connectivity index (χ1n) is 14.1. The molecule has 3 heterocycles. The third-order valence-corrected chi connectivity index (χ3v) is 8.99. The van der Waals surface area contributed by atoms with Crippen LogP contribution in [0, 0.1) is 0 Å². The topological polar surface area (TPSA) is 122 Å². The molecule has 216 valence electrons. The first-order valence-corrected chi connectivity index (χ1v) is 14.1. The number of rotatable bonds is 6. The lowest BCUT2D eigenvalue weighted by atomic mass is 9.76. The third kappa shape index (κ3) is 4.03. The second-order valence-corrected chi connectivity index (χ2v) is 11.3. The average molecular weight is 576 g/mol. The second kappa shape index (κ2) is 10.1. The van der Waals surface area contributed by atoms with Gasteiger partial charge in [-0.25, -0.2) is 0 Å². The van der Waals surface area contributed by atoms with E-state index in [1.807, 2.05) is 49.4 Å². The molecule has 2 atom stereocenters. The Hall–Kier alpha value is -5.02. The van der Waals surface area contributed by atoms with E-state index in [-0.39, 0.29) is 52.5 Å². The summed E-state index contributed by atoms with van der Waals surface area (Å²) in [7, 11) is 1.42. The highest BCUT2D eigenvalue weighted by atomic mass is 16.6. The zero-order chi connectivity index (χ0) is 29.9. The van der Waals surface area contributed by atoms with Gasteiger partial charge in [-0.05, 0) is 36.2 Å². The molecule has 3 aliphatic rings. The van der Waals surface area contributed by atoms with Crippen molar-refractivity contribution in [1.29, 1.82) is 0 Å². The summed E-state index contributed by atoms with van der Waals surface area (Å²) in [6.07, 6.45) is 4.10. The molecule has 7 rings (SSSR count). The molecular formula is C34H29N3O6. The normalized spacial score (nSPS) is 21.3. The van der Waals surface area contributed by atoms with Crippen molar-refractivity contribution in [3.8, 4) is 17.2 Å². The molecule has 0 amide bonds. The molecule has 0 saturated carbocycles. The fourth-order valence-corrected chi connectivity index (χ4v) is 6.85. The summed E-state index contributed by atoms with van der Waals surface area (Å²) >= 11 is 0. The molecule has 2 bridgehead atoms. The molecule has 1 aliphatic carbocycles. The predicted octanol–water partition coefficient (Wildman–Crippen LogP) is 5.11. The zero-order valence-corrected chi connectivity index (χ0v) is 23.7. The molecule has 3 aromatic carbocycles. The number of oxime groups is 1. The number of nitrogens with zero attached hydrogens (tertiary/aromatic N) is 3. The van der Waals surface area contributed by atoms with Gasteiger partial charge in [-0.15, -0.1) is 0 Å². The predicted molar refractivity (Wildman–Crippen MR) is 158 cm³/mol. The molecule has 2 unspecified atom stereocenters. The van der Waals surface area contributed by atoms with E-state index in [0.717, 1.165) is 16.8 Å². The van der Waals surface area contributed by atoms with Crippen LogP contribution < -0.4 is 4.74 Å². The molecular weight excluding hydrogens is 546 g/mol. The van der Waals surface area contributed by atoms with Crippen LogP contribution in [0.3, 0.4) is 0 Å². The molecule has 43 heavy (non-hydrogen) atoms. The van der Waals surface area contributed by atoms with E-state index in [1.54, 1.807) is 24.5 Å². The van der Waals surface area contributed by atoms with Crippen LogP contribution in [0.15, 0.2) is 78.2 Å². The number of carbonyl (C=O) groups excluding carboxylic acids is 2. The average Bonchev–Trinajstić information content (AvgIpc) is 3.19. The van der Waals surface area contributed by atoms with E-state index in [1.165, 1.54) is 13.2 Å².